The lowest BCUT2D eigenvalue weighted by Crippen LogP contribution is -2.18. The number of carboxylic acids is 1. The van der Waals surface area contributed by atoms with Crippen molar-refractivity contribution in [3.63, 3.8) is 0 Å². The molecule has 2 N–H and O–H groups in total. The first kappa shape index (κ1) is 8.49. The van der Waals surface area contributed by atoms with E-state index < -0.39 is 5.97 Å². The molecule has 5 nitrogen and oxygen atoms in total. The largest absolute Gasteiger partial charge is 0.477 e. The van der Waals surface area contributed by atoms with Crippen molar-refractivity contribution in [3.8, 4) is 0 Å². The van der Waals surface area contributed by atoms with Crippen LogP contribution in [0.3, 0.4) is 0 Å². The van der Waals surface area contributed by atoms with Gasteiger partial charge in [0.2, 0.25) is 0 Å². The fourth-order valence-corrected chi connectivity index (χ4v) is 1.84. The standard InChI is InChI=1S/C7H8N2O3S/c10-7(11)5-1-2-6(13-5)9-3-8-4-12-9/h1-2,8H,3-4H2,(H,10,11). The predicted molar refractivity (Wildman–Crippen MR) is 47.7 cm³/mol. The normalized spacial score (nSPS) is 16.5. The summed E-state index contributed by atoms with van der Waals surface area (Å²) in [5, 5.41) is 14.1. The van der Waals surface area contributed by atoms with Crippen molar-refractivity contribution in [2.24, 2.45) is 0 Å². The first-order valence-corrected chi connectivity index (χ1v) is 4.53. The van der Waals surface area contributed by atoms with E-state index in [0.29, 0.717) is 18.3 Å². The minimum atomic E-state index is -0.900. The second kappa shape index (κ2) is 3.33. The Labute approximate surface area is 78.5 Å². The number of rotatable bonds is 2. The van der Waals surface area contributed by atoms with Gasteiger partial charge < -0.3 is 5.11 Å². The Hall–Kier alpha value is -1.11. The third kappa shape index (κ3) is 1.64. The second-order valence-corrected chi connectivity index (χ2v) is 3.57. The molecule has 1 fully saturated rings. The maximum Gasteiger partial charge on any atom is 0.345 e. The first-order chi connectivity index (χ1) is 6.27. The summed E-state index contributed by atoms with van der Waals surface area (Å²) in [6, 6.07) is 3.31. The van der Waals surface area contributed by atoms with Crippen LogP contribution in [0.5, 0.6) is 0 Å². The van der Waals surface area contributed by atoms with Crippen LogP contribution in [0.15, 0.2) is 12.1 Å². The number of carbonyl (C=O) groups is 1. The van der Waals surface area contributed by atoms with Crippen LogP contribution in [0.2, 0.25) is 0 Å². The highest BCUT2D eigenvalue weighted by Gasteiger charge is 2.16. The van der Waals surface area contributed by atoms with E-state index in [0.717, 1.165) is 5.00 Å². The van der Waals surface area contributed by atoms with Gasteiger partial charge in [-0.3, -0.25) is 10.2 Å². The molecule has 0 bridgehead atoms. The Morgan fingerprint density at radius 3 is 3.08 bits per heavy atom. The van der Waals surface area contributed by atoms with E-state index in [1.807, 2.05) is 0 Å². The van der Waals surface area contributed by atoms with Gasteiger partial charge >= 0.3 is 5.97 Å². The van der Waals surface area contributed by atoms with Gasteiger partial charge in [0.15, 0.2) is 0 Å². The molecule has 0 aromatic carbocycles. The molecule has 1 saturated heterocycles. The highest BCUT2D eigenvalue weighted by atomic mass is 32.1. The molecule has 1 aromatic rings. The molecule has 0 saturated carbocycles. The lowest BCUT2D eigenvalue weighted by Gasteiger charge is -2.10. The number of carboxylic acid groups (broad SMARTS) is 1. The van der Waals surface area contributed by atoms with Crippen molar-refractivity contribution in [1.82, 2.24) is 5.32 Å². The van der Waals surface area contributed by atoms with Gasteiger partial charge in [-0.1, -0.05) is 0 Å². The number of hydrogen-bond acceptors (Lipinski definition) is 5. The Kier molecular flexibility index (Phi) is 2.17. The van der Waals surface area contributed by atoms with E-state index in [1.54, 1.807) is 17.2 Å². The number of hydrogen-bond donors (Lipinski definition) is 2. The van der Waals surface area contributed by atoms with Crippen LogP contribution < -0.4 is 10.4 Å². The molecule has 0 spiro atoms. The predicted octanol–water partition coefficient (Wildman–Crippen LogP) is 0.703. The number of aromatic carboxylic acids is 1. The van der Waals surface area contributed by atoms with Gasteiger partial charge in [0.25, 0.3) is 0 Å². The fraction of sp³-hybridized carbons (Fsp3) is 0.286. The van der Waals surface area contributed by atoms with Crippen LogP contribution in [0, 0.1) is 0 Å². The zero-order chi connectivity index (χ0) is 9.26. The molecule has 0 radical (unpaired) electrons. The summed E-state index contributed by atoms with van der Waals surface area (Å²) >= 11 is 1.20. The molecular formula is C7H8N2O3S. The summed E-state index contributed by atoms with van der Waals surface area (Å²) in [6.07, 6.45) is 0. The number of hydroxylamine groups is 1. The van der Waals surface area contributed by atoms with E-state index in [1.165, 1.54) is 11.3 Å². The second-order valence-electron chi connectivity index (χ2n) is 2.50. The Bertz CT molecular complexity index is 319. The highest BCUT2D eigenvalue weighted by molar-refractivity contribution is 7.17. The van der Waals surface area contributed by atoms with Gasteiger partial charge in [0.05, 0.1) is 6.67 Å². The van der Waals surface area contributed by atoms with E-state index >= 15 is 0 Å². The molecule has 0 atom stereocenters. The minimum absolute atomic E-state index is 0.325. The Morgan fingerprint density at radius 2 is 2.54 bits per heavy atom. The van der Waals surface area contributed by atoms with Crippen LogP contribution in [0.1, 0.15) is 9.67 Å². The van der Waals surface area contributed by atoms with E-state index in [-0.39, 0.29) is 0 Å². The van der Waals surface area contributed by atoms with Gasteiger partial charge in [0.1, 0.15) is 16.6 Å². The zero-order valence-electron chi connectivity index (χ0n) is 6.69. The van der Waals surface area contributed by atoms with Gasteiger partial charge in [-0.15, -0.1) is 11.3 Å². The lowest BCUT2D eigenvalue weighted by atomic mass is 10.5. The van der Waals surface area contributed by atoms with Crippen molar-refractivity contribution in [3.05, 3.63) is 17.0 Å². The van der Waals surface area contributed by atoms with Gasteiger partial charge in [-0.05, 0) is 12.1 Å². The molecule has 1 aliphatic rings. The van der Waals surface area contributed by atoms with E-state index in [4.69, 9.17) is 9.94 Å². The first-order valence-electron chi connectivity index (χ1n) is 3.71. The van der Waals surface area contributed by atoms with Crippen molar-refractivity contribution >= 4 is 22.3 Å². The molecule has 70 valence electrons. The molecule has 0 unspecified atom stereocenters. The van der Waals surface area contributed by atoms with Crippen LogP contribution in [0.4, 0.5) is 5.00 Å². The van der Waals surface area contributed by atoms with Crippen LogP contribution >= 0.6 is 11.3 Å². The maximum atomic E-state index is 10.6. The van der Waals surface area contributed by atoms with Crippen molar-refractivity contribution in [2.75, 3.05) is 18.5 Å². The van der Waals surface area contributed by atoms with Gasteiger partial charge in [-0.2, -0.15) is 0 Å². The molecule has 1 aromatic heterocycles. The molecule has 13 heavy (non-hydrogen) atoms. The molecule has 2 heterocycles. The van der Waals surface area contributed by atoms with Crippen molar-refractivity contribution in [1.29, 1.82) is 0 Å². The molecule has 0 amide bonds. The monoisotopic (exact) mass is 200 g/mol. The number of thiophene rings is 1. The number of nitrogens with zero attached hydrogens (tertiary/aromatic N) is 1. The van der Waals surface area contributed by atoms with Crippen LogP contribution in [-0.2, 0) is 4.84 Å². The molecule has 6 heteroatoms. The Morgan fingerprint density at radius 1 is 1.69 bits per heavy atom. The Balaban J connectivity index is 2.16. The highest BCUT2D eigenvalue weighted by Crippen LogP contribution is 2.26. The summed E-state index contributed by atoms with van der Waals surface area (Å²) < 4.78 is 0. The maximum absolute atomic E-state index is 10.6. The summed E-state index contributed by atoms with van der Waals surface area (Å²) in [7, 11) is 0. The smallest absolute Gasteiger partial charge is 0.345 e. The average molecular weight is 200 g/mol. The van der Waals surface area contributed by atoms with Crippen molar-refractivity contribution in [2.45, 2.75) is 0 Å². The summed E-state index contributed by atoms with van der Waals surface area (Å²) in [5.41, 5.74) is 0. The fourth-order valence-electron chi connectivity index (χ4n) is 1.03. The van der Waals surface area contributed by atoms with Gasteiger partial charge in [-0.25, -0.2) is 9.86 Å². The molecule has 1 aliphatic heterocycles. The third-order valence-electron chi connectivity index (χ3n) is 1.63. The molecular weight excluding hydrogens is 192 g/mol. The third-order valence-corrected chi connectivity index (χ3v) is 2.71. The van der Waals surface area contributed by atoms with Crippen LogP contribution in [-0.4, -0.2) is 24.5 Å². The zero-order valence-corrected chi connectivity index (χ0v) is 7.50. The van der Waals surface area contributed by atoms with Crippen LogP contribution in [0.25, 0.3) is 0 Å². The summed E-state index contributed by atoms with van der Waals surface area (Å²) in [6.45, 7) is 1.07. The number of nitrogens with one attached hydrogen (secondary N) is 1. The lowest BCUT2D eigenvalue weighted by molar-refractivity contribution is 0.0702. The topological polar surface area (TPSA) is 61.8 Å². The summed E-state index contributed by atoms with van der Waals surface area (Å²) in [5.74, 6) is -0.900. The quantitative estimate of drug-likeness (QED) is 0.736. The van der Waals surface area contributed by atoms with E-state index in [9.17, 15) is 4.79 Å². The summed E-state index contributed by atoms with van der Waals surface area (Å²) in [4.78, 5) is 16.1. The number of anilines is 1. The van der Waals surface area contributed by atoms with Gasteiger partial charge in [0, 0.05) is 0 Å². The minimum Gasteiger partial charge on any atom is -0.477 e. The SMILES string of the molecule is O=C(O)c1ccc(N2CNCO2)s1. The van der Waals surface area contributed by atoms with Crippen molar-refractivity contribution < 1.29 is 14.7 Å². The molecule has 2 rings (SSSR count). The molecule has 0 aliphatic carbocycles. The average Bonchev–Trinajstić information content (AvgIpc) is 2.75. The van der Waals surface area contributed by atoms with E-state index in [2.05, 4.69) is 5.32 Å².